The molecule has 5 heteroatoms. The van der Waals surface area contributed by atoms with E-state index in [1.165, 1.54) is 28.0 Å². The first-order chi connectivity index (χ1) is 14.3. The van der Waals surface area contributed by atoms with E-state index in [1.54, 1.807) is 6.33 Å². The molecule has 0 saturated carbocycles. The maximum Gasteiger partial charge on any atom is 0.160 e. The number of benzene rings is 1. The third-order valence-corrected chi connectivity index (χ3v) is 6.28. The summed E-state index contributed by atoms with van der Waals surface area (Å²) in [5.41, 5.74) is 4.91. The summed E-state index contributed by atoms with van der Waals surface area (Å²) < 4.78 is 5.54. The molecule has 5 rings (SSSR count). The second-order valence-electron chi connectivity index (χ2n) is 8.49. The molecule has 1 aliphatic carbocycles. The number of hydrogen-bond acceptors (Lipinski definition) is 5. The van der Waals surface area contributed by atoms with E-state index < -0.39 is 0 Å². The molecule has 150 valence electrons. The first-order valence-electron chi connectivity index (χ1n) is 10.7. The molecule has 3 heterocycles. The summed E-state index contributed by atoms with van der Waals surface area (Å²) in [4.78, 5) is 16.6. The lowest BCUT2D eigenvalue weighted by atomic mass is 10.00. The minimum absolute atomic E-state index is 0.641. The van der Waals surface area contributed by atoms with Gasteiger partial charge in [0, 0.05) is 37.5 Å². The average Bonchev–Trinajstić information content (AvgIpc) is 3.37. The molecule has 1 aromatic heterocycles. The monoisotopic (exact) mass is 388 g/mol. The Hall–Kier alpha value is -2.37. The van der Waals surface area contributed by atoms with Crippen molar-refractivity contribution >= 4 is 23.2 Å². The Bertz CT molecular complexity index is 1050. The lowest BCUT2D eigenvalue weighted by molar-refractivity contribution is 0.167. The van der Waals surface area contributed by atoms with Gasteiger partial charge in [-0.25, -0.2) is 15.0 Å². The van der Waals surface area contributed by atoms with E-state index in [1.807, 2.05) is 0 Å². The van der Waals surface area contributed by atoms with Crippen LogP contribution in [0, 0.1) is 5.92 Å². The van der Waals surface area contributed by atoms with E-state index >= 15 is 0 Å². The fourth-order valence-corrected chi connectivity index (χ4v) is 4.70. The fourth-order valence-electron chi connectivity index (χ4n) is 4.70. The van der Waals surface area contributed by atoms with Gasteiger partial charge >= 0.3 is 0 Å². The predicted molar refractivity (Wildman–Crippen MR) is 115 cm³/mol. The molecule has 1 atom stereocenters. The topological polar surface area (TPSA) is 50.6 Å². The summed E-state index contributed by atoms with van der Waals surface area (Å²) in [6.07, 6.45) is 8.30. The van der Waals surface area contributed by atoms with Crippen molar-refractivity contribution in [2.45, 2.75) is 45.7 Å². The van der Waals surface area contributed by atoms with Crippen LogP contribution < -0.4 is 10.4 Å². The SMILES string of the molecule is CC1=c2cccc/c2=C/C(=Nc2ncnc3c2CN(CC2CCOC2)C3)CCC1. The van der Waals surface area contributed by atoms with Crippen molar-refractivity contribution < 1.29 is 4.74 Å². The Kier molecular flexibility index (Phi) is 5.25. The van der Waals surface area contributed by atoms with Gasteiger partial charge in [0.15, 0.2) is 5.82 Å². The van der Waals surface area contributed by atoms with Crippen molar-refractivity contribution in [3.05, 3.63) is 52.3 Å². The second-order valence-corrected chi connectivity index (χ2v) is 8.49. The summed E-state index contributed by atoms with van der Waals surface area (Å²) in [6, 6.07) is 8.64. The van der Waals surface area contributed by atoms with Crippen LogP contribution in [0.1, 0.15) is 43.9 Å². The first kappa shape index (κ1) is 18.6. The van der Waals surface area contributed by atoms with Crippen molar-refractivity contribution in [3.8, 4) is 0 Å². The highest BCUT2D eigenvalue weighted by molar-refractivity contribution is 6.11. The van der Waals surface area contributed by atoms with E-state index in [9.17, 15) is 0 Å². The van der Waals surface area contributed by atoms with Crippen molar-refractivity contribution in [1.82, 2.24) is 14.9 Å². The van der Waals surface area contributed by atoms with Gasteiger partial charge in [-0.1, -0.05) is 29.8 Å². The lowest BCUT2D eigenvalue weighted by Crippen LogP contribution is -2.28. The van der Waals surface area contributed by atoms with Crippen LogP contribution in [0.5, 0.6) is 0 Å². The largest absolute Gasteiger partial charge is 0.381 e. The van der Waals surface area contributed by atoms with Crippen LogP contribution >= 0.6 is 0 Å². The summed E-state index contributed by atoms with van der Waals surface area (Å²) in [6.45, 7) is 6.89. The molecule has 29 heavy (non-hydrogen) atoms. The van der Waals surface area contributed by atoms with Crippen LogP contribution in [0.4, 0.5) is 5.82 Å². The van der Waals surface area contributed by atoms with E-state index in [2.05, 4.69) is 52.1 Å². The quantitative estimate of drug-likeness (QED) is 0.811. The molecule has 1 aromatic carbocycles. The zero-order valence-electron chi connectivity index (χ0n) is 17.1. The van der Waals surface area contributed by atoms with Crippen molar-refractivity contribution in [2.75, 3.05) is 19.8 Å². The third kappa shape index (κ3) is 4.02. The highest BCUT2D eigenvalue weighted by Crippen LogP contribution is 2.30. The minimum atomic E-state index is 0.641. The molecule has 0 amide bonds. The molecule has 0 spiro atoms. The molecule has 1 saturated heterocycles. The van der Waals surface area contributed by atoms with Gasteiger partial charge in [-0.3, -0.25) is 4.90 Å². The smallest absolute Gasteiger partial charge is 0.160 e. The maximum absolute atomic E-state index is 5.54. The highest BCUT2D eigenvalue weighted by atomic mass is 16.5. The van der Waals surface area contributed by atoms with Crippen LogP contribution in [0.25, 0.3) is 11.6 Å². The fraction of sp³-hybridized carbons (Fsp3) is 0.458. The van der Waals surface area contributed by atoms with E-state index in [4.69, 9.17) is 9.73 Å². The normalized spacial score (nSPS) is 24.6. The Labute approximate surface area is 171 Å². The number of fused-ring (bicyclic) bond motifs is 2. The van der Waals surface area contributed by atoms with Crippen LogP contribution in [0.15, 0.2) is 35.6 Å². The van der Waals surface area contributed by atoms with Crippen molar-refractivity contribution in [1.29, 1.82) is 0 Å². The van der Waals surface area contributed by atoms with Gasteiger partial charge in [-0.15, -0.1) is 0 Å². The lowest BCUT2D eigenvalue weighted by Gasteiger charge is -2.18. The standard InChI is InChI=1S/C24H28N4O/c1-17-5-4-7-20(11-19-6-2-3-8-21(17)19)27-24-22-13-28(12-18-9-10-29-15-18)14-23(22)25-16-26-24/h2-3,6,8,11,16,18H,4-5,7,9-10,12-15H2,1H3/b19-11-,21-17?,27-20?. The predicted octanol–water partition coefficient (Wildman–Crippen LogP) is 2.74. The molecule has 2 aromatic rings. The minimum Gasteiger partial charge on any atom is -0.381 e. The van der Waals surface area contributed by atoms with Gasteiger partial charge in [0.25, 0.3) is 0 Å². The Morgan fingerprint density at radius 1 is 1.17 bits per heavy atom. The number of aromatic nitrogens is 2. The first-order valence-corrected chi connectivity index (χ1v) is 10.7. The van der Waals surface area contributed by atoms with Crippen LogP contribution in [0.3, 0.4) is 0 Å². The molecule has 0 bridgehead atoms. The van der Waals surface area contributed by atoms with E-state index in [0.29, 0.717) is 5.92 Å². The Balaban J connectivity index is 1.46. The summed E-state index contributed by atoms with van der Waals surface area (Å²) >= 11 is 0. The molecule has 1 unspecified atom stereocenters. The molecule has 1 fully saturated rings. The van der Waals surface area contributed by atoms with Gasteiger partial charge < -0.3 is 4.74 Å². The number of aliphatic imine (C=N–C) groups is 1. The number of hydrogen-bond donors (Lipinski definition) is 0. The Morgan fingerprint density at radius 3 is 3.00 bits per heavy atom. The Morgan fingerprint density at radius 2 is 2.10 bits per heavy atom. The maximum atomic E-state index is 5.54. The summed E-state index contributed by atoms with van der Waals surface area (Å²) in [7, 11) is 0. The second kappa shape index (κ2) is 8.17. The zero-order chi connectivity index (χ0) is 19.6. The molecular formula is C24H28N4O. The molecular weight excluding hydrogens is 360 g/mol. The molecule has 0 N–H and O–H groups in total. The van der Waals surface area contributed by atoms with E-state index in [-0.39, 0.29) is 0 Å². The number of nitrogens with zero attached hydrogens (tertiary/aromatic N) is 4. The summed E-state index contributed by atoms with van der Waals surface area (Å²) in [5, 5.41) is 2.61. The molecule has 5 nitrogen and oxygen atoms in total. The summed E-state index contributed by atoms with van der Waals surface area (Å²) in [5.74, 6) is 1.49. The number of rotatable bonds is 3. The van der Waals surface area contributed by atoms with E-state index in [0.717, 1.165) is 69.3 Å². The van der Waals surface area contributed by atoms with Crippen molar-refractivity contribution in [2.24, 2.45) is 10.9 Å². The van der Waals surface area contributed by atoms with Gasteiger partial charge in [-0.05, 0) is 55.0 Å². The molecule has 3 aliphatic rings. The van der Waals surface area contributed by atoms with Crippen LogP contribution in [-0.4, -0.2) is 40.3 Å². The molecule has 0 radical (unpaired) electrons. The average molecular weight is 389 g/mol. The van der Waals surface area contributed by atoms with Gasteiger partial charge in [0.05, 0.1) is 12.3 Å². The highest BCUT2D eigenvalue weighted by Gasteiger charge is 2.27. The van der Waals surface area contributed by atoms with Gasteiger partial charge in [0.1, 0.15) is 6.33 Å². The number of ether oxygens (including phenoxy) is 1. The van der Waals surface area contributed by atoms with Crippen LogP contribution in [0.2, 0.25) is 0 Å². The van der Waals surface area contributed by atoms with Gasteiger partial charge in [0.2, 0.25) is 0 Å². The zero-order valence-corrected chi connectivity index (χ0v) is 17.1. The third-order valence-electron chi connectivity index (χ3n) is 6.28. The van der Waals surface area contributed by atoms with Crippen LogP contribution in [-0.2, 0) is 17.8 Å². The van der Waals surface area contributed by atoms with Gasteiger partial charge in [-0.2, -0.15) is 0 Å². The molecule has 2 aliphatic heterocycles. The van der Waals surface area contributed by atoms with Crippen molar-refractivity contribution in [3.63, 3.8) is 0 Å².